The Labute approximate surface area is 148 Å². The minimum atomic E-state index is -0.285. The van der Waals surface area contributed by atoms with Gasteiger partial charge in [0.25, 0.3) is 5.91 Å². The van der Waals surface area contributed by atoms with Gasteiger partial charge < -0.3 is 5.73 Å². The number of thiophene rings is 2. The SMILES string of the molecule is C/C(=N/NC(=O)c1sc(-c2ccccc2)cc1N)c1ccc(C)s1. The van der Waals surface area contributed by atoms with E-state index in [1.165, 1.54) is 16.2 Å². The van der Waals surface area contributed by atoms with Crippen molar-refractivity contribution in [2.45, 2.75) is 13.8 Å². The molecule has 2 aromatic heterocycles. The first-order chi connectivity index (χ1) is 11.5. The Hall–Kier alpha value is -2.44. The quantitative estimate of drug-likeness (QED) is 0.534. The number of nitrogens with zero attached hydrogens (tertiary/aromatic N) is 1. The third kappa shape index (κ3) is 3.55. The molecule has 0 atom stereocenters. The average Bonchev–Trinajstić information content (AvgIpc) is 3.19. The number of aryl methyl sites for hydroxylation is 1. The Kier molecular flexibility index (Phi) is 4.78. The molecule has 3 rings (SSSR count). The maximum atomic E-state index is 12.4. The van der Waals surface area contributed by atoms with E-state index in [0.717, 1.165) is 21.0 Å². The molecule has 0 bridgehead atoms. The topological polar surface area (TPSA) is 67.5 Å². The van der Waals surface area contributed by atoms with Crippen molar-refractivity contribution >= 4 is 40.0 Å². The molecular formula is C18H17N3OS2. The minimum absolute atomic E-state index is 0.285. The number of rotatable bonds is 4. The van der Waals surface area contributed by atoms with Crippen molar-refractivity contribution < 1.29 is 4.79 Å². The highest BCUT2D eigenvalue weighted by atomic mass is 32.1. The van der Waals surface area contributed by atoms with Crippen LogP contribution in [0.5, 0.6) is 0 Å². The van der Waals surface area contributed by atoms with Crippen molar-refractivity contribution in [1.82, 2.24) is 5.43 Å². The molecule has 0 aliphatic rings. The normalized spacial score (nSPS) is 11.5. The van der Waals surface area contributed by atoms with E-state index in [9.17, 15) is 4.79 Å². The molecule has 0 fully saturated rings. The number of anilines is 1. The van der Waals surface area contributed by atoms with E-state index in [4.69, 9.17) is 5.73 Å². The van der Waals surface area contributed by atoms with Crippen LogP contribution in [0.15, 0.2) is 53.6 Å². The third-order valence-corrected chi connectivity index (χ3v) is 5.76. The van der Waals surface area contributed by atoms with Crippen LogP contribution in [0.25, 0.3) is 10.4 Å². The molecular weight excluding hydrogens is 338 g/mol. The molecule has 1 amide bonds. The van der Waals surface area contributed by atoms with E-state index in [2.05, 4.69) is 10.5 Å². The van der Waals surface area contributed by atoms with Crippen molar-refractivity contribution in [3.05, 3.63) is 63.2 Å². The largest absolute Gasteiger partial charge is 0.397 e. The number of hydrogen-bond acceptors (Lipinski definition) is 5. The van der Waals surface area contributed by atoms with Gasteiger partial charge in [0, 0.05) is 9.75 Å². The van der Waals surface area contributed by atoms with Crippen molar-refractivity contribution in [1.29, 1.82) is 0 Å². The molecule has 4 nitrogen and oxygen atoms in total. The number of carbonyl (C=O) groups excluding carboxylic acids is 1. The van der Waals surface area contributed by atoms with Gasteiger partial charge in [0.2, 0.25) is 0 Å². The Morgan fingerprint density at radius 2 is 1.88 bits per heavy atom. The van der Waals surface area contributed by atoms with Gasteiger partial charge in [-0.15, -0.1) is 22.7 Å². The second-order valence-corrected chi connectivity index (χ2v) is 7.65. The highest BCUT2D eigenvalue weighted by Gasteiger charge is 2.15. The van der Waals surface area contributed by atoms with Crippen LogP contribution in [-0.4, -0.2) is 11.6 Å². The summed E-state index contributed by atoms with van der Waals surface area (Å²) in [6.07, 6.45) is 0. The van der Waals surface area contributed by atoms with Crippen molar-refractivity contribution in [2.75, 3.05) is 5.73 Å². The summed E-state index contributed by atoms with van der Waals surface area (Å²) in [5.41, 5.74) is 10.9. The van der Waals surface area contributed by atoms with Gasteiger partial charge in [-0.3, -0.25) is 4.79 Å². The molecule has 3 aromatic rings. The van der Waals surface area contributed by atoms with Gasteiger partial charge in [0.05, 0.1) is 16.3 Å². The Morgan fingerprint density at radius 3 is 2.54 bits per heavy atom. The second kappa shape index (κ2) is 6.98. The standard InChI is InChI=1S/C18H17N3OS2/c1-11-8-9-15(23-11)12(2)20-21-18(22)17-14(19)10-16(24-17)13-6-4-3-5-7-13/h3-10H,19H2,1-2H3,(H,21,22)/b20-12-. The van der Waals surface area contributed by atoms with E-state index in [0.29, 0.717) is 10.6 Å². The molecule has 0 unspecified atom stereocenters. The maximum absolute atomic E-state index is 12.4. The lowest BCUT2D eigenvalue weighted by Crippen LogP contribution is -2.19. The third-order valence-electron chi connectivity index (χ3n) is 3.45. The lowest BCUT2D eigenvalue weighted by Gasteiger charge is -2.00. The summed E-state index contributed by atoms with van der Waals surface area (Å²) >= 11 is 3.01. The number of carbonyl (C=O) groups is 1. The monoisotopic (exact) mass is 355 g/mol. The fourth-order valence-electron chi connectivity index (χ4n) is 2.20. The first kappa shape index (κ1) is 16.4. The Morgan fingerprint density at radius 1 is 1.12 bits per heavy atom. The number of hydrazone groups is 1. The van der Waals surface area contributed by atoms with Gasteiger partial charge in [0.15, 0.2) is 0 Å². The Balaban J connectivity index is 1.77. The number of nitrogen functional groups attached to an aromatic ring is 1. The van der Waals surface area contributed by atoms with Gasteiger partial charge in [-0.1, -0.05) is 30.3 Å². The van der Waals surface area contributed by atoms with Gasteiger partial charge >= 0.3 is 0 Å². The summed E-state index contributed by atoms with van der Waals surface area (Å²) in [6.45, 7) is 3.91. The minimum Gasteiger partial charge on any atom is -0.397 e. The average molecular weight is 355 g/mol. The zero-order valence-corrected chi connectivity index (χ0v) is 15.0. The smallest absolute Gasteiger partial charge is 0.283 e. The molecule has 1 aromatic carbocycles. The van der Waals surface area contributed by atoms with Crippen molar-refractivity contribution in [3.8, 4) is 10.4 Å². The molecule has 0 aliphatic heterocycles. The zero-order valence-electron chi connectivity index (χ0n) is 13.4. The summed E-state index contributed by atoms with van der Waals surface area (Å²) in [4.78, 5) is 16.1. The van der Waals surface area contributed by atoms with Crippen molar-refractivity contribution in [3.63, 3.8) is 0 Å². The van der Waals surface area contributed by atoms with Crippen LogP contribution < -0.4 is 11.2 Å². The summed E-state index contributed by atoms with van der Waals surface area (Å²) in [7, 11) is 0. The predicted octanol–water partition coefficient (Wildman–Crippen LogP) is 4.52. The summed E-state index contributed by atoms with van der Waals surface area (Å²) in [5.74, 6) is -0.285. The van der Waals surface area contributed by atoms with Crippen molar-refractivity contribution in [2.24, 2.45) is 5.10 Å². The van der Waals surface area contributed by atoms with Crippen LogP contribution in [0.1, 0.15) is 26.3 Å². The van der Waals surface area contributed by atoms with E-state index in [1.54, 1.807) is 11.3 Å². The summed E-state index contributed by atoms with van der Waals surface area (Å²) in [6, 6.07) is 15.7. The molecule has 2 heterocycles. The number of hydrogen-bond donors (Lipinski definition) is 2. The molecule has 0 spiro atoms. The van der Waals surface area contributed by atoms with Gasteiger partial charge in [-0.2, -0.15) is 5.10 Å². The Bertz CT molecular complexity index is 894. The molecule has 0 aliphatic carbocycles. The zero-order chi connectivity index (χ0) is 17.1. The van der Waals surface area contributed by atoms with E-state index >= 15 is 0 Å². The lowest BCUT2D eigenvalue weighted by atomic mass is 10.2. The number of amides is 1. The second-order valence-electron chi connectivity index (χ2n) is 5.31. The summed E-state index contributed by atoms with van der Waals surface area (Å²) < 4.78 is 0. The molecule has 24 heavy (non-hydrogen) atoms. The van der Waals surface area contributed by atoms with E-state index in [-0.39, 0.29) is 5.91 Å². The lowest BCUT2D eigenvalue weighted by molar-refractivity contribution is 0.0959. The molecule has 122 valence electrons. The number of nitrogens with two attached hydrogens (primary N) is 1. The van der Waals surface area contributed by atoms with Crippen LogP contribution in [0.4, 0.5) is 5.69 Å². The molecule has 0 saturated heterocycles. The maximum Gasteiger partial charge on any atom is 0.283 e. The van der Waals surface area contributed by atoms with Crippen LogP contribution in [-0.2, 0) is 0 Å². The highest BCUT2D eigenvalue weighted by Crippen LogP contribution is 2.33. The fraction of sp³-hybridized carbons (Fsp3) is 0.111. The molecule has 6 heteroatoms. The van der Waals surface area contributed by atoms with E-state index < -0.39 is 0 Å². The predicted molar refractivity (Wildman–Crippen MR) is 103 cm³/mol. The molecule has 0 radical (unpaired) electrons. The molecule has 0 saturated carbocycles. The highest BCUT2D eigenvalue weighted by molar-refractivity contribution is 7.18. The van der Waals surface area contributed by atoms with E-state index in [1.807, 2.05) is 62.4 Å². The van der Waals surface area contributed by atoms with Gasteiger partial charge in [-0.25, -0.2) is 5.43 Å². The van der Waals surface area contributed by atoms with Gasteiger partial charge in [-0.05, 0) is 37.6 Å². The van der Waals surface area contributed by atoms with Crippen LogP contribution in [0.2, 0.25) is 0 Å². The number of benzene rings is 1. The summed E-state index contributed by atoms with van der Waals surface area (Å²) in [5, 5.41) is 4.19. The van der Waals surface area contributed by atoms with Crippen LogP contribution in [0, 0.1) is 6.92 Å². The molecule has 3 N–H and O–H groups in total. The first-order valence-corrected chi connectivity index (χ1v) is 9.04. The number of nitrogens with one attached hydrogen (secondary N) is 1. The van der Waals surface area contributed by atoms with Gasteiger partial charge in [0.1, 0.15) is 4.88 Å². The first-order valence-electron chi connectivity index (χ1n) is 7.41. The van der Waals surface area contributed by atoms with Crippen LogP contribution in [0.3, 0.4) is 0 Å². The fourth-order valence-corrected chi connectivity index (χ4v) is 3.98. The van der Waals surface area contributed by atoms with Crippen LogP contribution >= 0.6 is 22.7 Å².